The topological polar surface area (TPSA) is 66.5 Å². The van der Waals surface area contributed by atoms with Crippen molar-refractivity contribution in [1.82, 2.24) is 19.9 Å². The summed E-state index contributed by atoms with van der Waals surface area (Å²) < 4.78 is 0.935. The molecule has 0 unspecified atom stereocenters. The molecule has 0 saturated carbocycles. The summed E-state index contributed by atoms with van der Waals surface area (Å²) in [6.07, 6.45) is 7.45. The van der Waals surface area contributed by atoms with Gasteiger partial charge in [0, 0.05) is 52.3 Å². The zero-order valence-corrected chi connectivity index (χ0v) is 17.6. The molecular formula is C24H18BrN5. The quantitative estimate of drug-likeness (QED) is 0.337. The highest BCUT2D eigenvalue weighted by molar-refractivity contribution is 9.10. The predicted octanol–water partition coefficient (Wildman–Crippen LogP) is 6.06. The second kappa shape index (κ2) is 8.08. The number of nitrogens with zero attached hydrogens (tertiary/aromatic N) is 3. The van der Waals surface area contributed by atoms with Crippen LogP contribution in [0.4, 0.5) is 5.82 Å². The number of aromatic amines is 1. The Morgan fingerprint density at radius 1 is 0.900 bits per heavy atom. The van der Waals surface area contributed by atoms with Crippen molar-refractivity contribution < 1.29 is 0 Å². The Morgan fingerprint density at radius 3 is 2.67 bits per heavy atom. The summed E-state index contributed by atoms with van der Waals surface area (Å²) >= 11 is 3.51. The Hall–Kier alpha value is -3.51. The number of pyridine rings is 3. The van der Waals surface area contributed by atoms with Gasteiger partial charge in [-0.25, -0.2) is 4.98 Å². The molecule has 0 amide bonds. The number of anilines is 1. The molecule has 2 N–H and O–H groups in total. The van der Waals surface area contributed by atoms with Crippen molar-refractivity contribution in [3.05, 3.63) is 95.5 Å². The molecule has 0 fully saturated rings. The largest absolute Gasteiger partial charge is 0.366 e. The minimum Gasteiger partial charge on any atom is -0.366 e. The first-order valence-corrected chi connectivity index (χ1v) is 10.4. The van der Waals surface area contributed by atoms with E-state index in [1.165, 1.54) is 10.9 Å². The van der Waals surface area contributed by atoms with Crippen molar-refractivity contribution in [3.8, 4) is 22.5 Å². The Balaban J connectivity index is 1.52. The van der Waals surface area contributed by atoms with Crippen LogP contribution in [0.3, 0.4) is 0 Å². The van der Waals surface area contributed by atoms with Crippen LogP contribution in [0.15, 0.2) is 89.9 Å². The number of nitrogens with one attached hydrogen (secondary N) is 2. The molecule has 4 heterocycles. The van der Waals surface area contributed by atoms with Crippen LogP contribution in [0.1, 0.15) is 5.56 Å². The van der Waals surface area contributed by atoms with Gasteiger partial charge in [-0.05, 0) is 63.5 Å². The summed E-state index contributed by atoms with van der Waals surface area (Å²) in [6.45, 7) is 0.666. The predicted molar refractivity (Wildman–Crippen MR) is 124 cm³/mol. The van der Waals surface area contributed by atoms with E-state index < -0.39 is 0 Å². The van der Waals surface area contributed by atoms with E-state index in [-0.39, 0.29) is 0 Å². The van der Waals surface area contributed by atoms with Crippen LogP contribution in [0.25, 0.3) is 33.4 Å². The summed E-state index contributed by atoms with van der Waals surface area (Å²) in [7, 11) is 0. The van der Waals surface area contributed by atoms with E-state index in [4.69, 9.17) is 4.98 Å². The van der Waals surface area contributed by atoms with E-state index in [2.05, 4.69) is 54.4 Å². The van der Waals surface area contributed by atoms with Crippen LogP contribution in [-0.2, 0) is 6.54 Å². The van der Waals surface area contributed by atoms with E-state index in [1.807, 2.05) is 54.9 Å². The number of benzene rings is 1. The normalized spacial score (nSPS) is 11.0. The van der Waals surface area contributed by atoms with E-state index in [0.717, 1.165) is 38.3 Å². The molecule has 0 atom stereocenters. The zero-order chi connectivity index (χ0) is 20.3. The van der Waals surface area contributed by atoms with Crippen LogP contribution in [-0.4, -0.2) is 19.9 Å². The van der Waals surface area contributed by atoms with Crippen LogP contribution >= 0.6 is 15.9 Å². The van der Waals surface area contributed by atoms with E-state index in [0.29, 0.717) is 6.54 Å². The molecule has 0 bridgehead atoms. The molecule has 1 aromatic carbocycles. The third-order valence-electron chi connectivity index (χ3n) is 4.93. The Labute approximate surface area is 182 Å². The fourth-order valence-corrected chi connectivity index (χ4v) is 3.83. The monoisotopic (exact) mass is 455 g/mol. The van der Waals surface area contributed by atoms with Gasteiger partial charge in [0.2, 0.25) is 0 Å². The summed E-state index contributed by atoms with van der Waals surface area (Å²) in [4.78, 5) is 16.9. The fourth-order valence-electron chi connectivity index (χ4n) is 3.47. The highest BCUT2D eigenvalue weighted by atomic mass is 79.9. The van der Waals surface area contributed by atoms with Gasteiger partial charge in [-0.1, -0.05) is 24.3 Å². The molecule has 4 aromatic heterocycles. The van der Waals surface area contributed by atoms with Crippen molar-refractivity contribution >= 4 is 32.7 Å². The lowest BCUT2D eigenvalue weighted by atomic mass is 10.1. The molecule has 5 aromatic rings. The summed E-state index contributed by atoms with van der Waals surface area (Å²) in [5, 5.41) is 4.69. The molecule has 0 aliphatic rings. The van der Waals surface area contributed by atoms with Crippen LogP contribution in [0, 0.1) is 0 Å². The summed E-state index contributed by atoms with van der Waals surface area (Å²) in [6, 6.07) is 20.3. The number of para-hydroxylation sites is 1. The van der Waals surface area contributed by atoms with Crippen molar-refractivity contribution in [2.24, 2.45) is 0 Å². The number of hydrogen-bond donors (Lipinski definition) is 2. The molecule has 5 rings (SSSR count). The second-order valence-electron chi connectivity index (χ2n) is 6.95. The van der Waals surface area contributed by atoms with Gasteiger partial charge in [0.25, 0.3) is 0 Å². The lowest BCUT2D eigenvalue weighted by Gasteiger charge is -2.11. The average molecular weight is 456 g/mol. The Morgan fingerprint density at radius 2 is 1.80 bits per heavy atom. The third kappa shape index (κ3) is 3.82. The Kier molecular flexibility index (Phi) is 4.99. The number of aromatic nitrogens is 4. The maximum atomic E-state index is 4.82. The van der Waals surface area contributed by atoms with Gasteiger partial charge in [0.1, 0.15) is 5.82 Å². The van der Waals surface area contributed by atoms with Gasteiger partial charge in [-0.3, -0.25) is 9.97 Å². The van der Waals surface area contributed by atoms with Crippen LogP contribution in [0.2, 0.25) is 0 Å². The zero-order valence-electron chi connectivity index (χ0n) is 16.0. The van der Waals surface area contributed by atoms with Crippen molar-refractivity contribution in [1.29, 1.82) is 0 Å². The van der Waals surface area contributed by atoms with Crippen molar-refractivity contribution in [3.63, 3.8) is 0 Å². The SMILES string of the molecule is Brc1cncc(-c2cc(NCc3c[nH]c4ccccc34)nc(-c3ccccn3)c2)c1. The maximum absolute atomic E-state index is 4.82. The summed E-state index contributed by atoms with van der Waals surface area (Å²) in [5.41, 5.74) is 6.01. The van der Waals surface area contributed by atoms with Gasteiger partial charge < -0.3 is 10.3 Å². The molecular weight excluding hydrogens is 438 g/mol. The van der Waals surface area contributed by atoms with E-state index in [9.17, 15) is 0 Å². The maximum Gasteiger partial charge on any atom is 0.127 e. The van der Waals surface area contributed by atoms with Gasteiger partial charge in [0.05, 0.1) is 11.4 Å². The number of halogens is 1. The molecule has 0 aliphatic carbocycles. The first-order valence-electron chi connectivity index (χ1n) is 9.59. The van der Waals surface area contributed by atoms with Crippen LogP contribution in [0.5, 0.6) is 0 Å². The standard InChI is InChI=1S/C24H18BrN5/c25-19-9-17(12-26-15-19)16-10-23(22-7-3-4-8-27-22)30-24(11-16)29-14-18-13-28-21-6-2-1-5-20(18)21/h1-13,15,28H,14H2,(H,29,30). The average Bonchev–Trinajstić information content (AvgIpc) is 3.21. The highest BCUT2D eigenvalue weighted by Crippen LogP contribution is 2.28. The number of H-pyrrole nitrogens is 1. The first-order chi connectivity index (χ1) is 14.8. The minimum absolute atomic E-state index is 0.666. The lowest BCUT2D eigenvalue weighted by Crippen LogP contribution is -2.02. The fraction of sp³-hybridized carbons (Fsp3) is 0.0417. The lowest BCUT2D eigenvalue weighted by molar-refractivity contribution is 1.12. The van der Waals surface area contributed by atoms with Crippen molar-refractivity contribution in [2.75, 3.05) is 5.32 Å². The second-order valence-corrected chi connectivity index (χ2v) is 7.86. The van der Waals surface area contributed by atoms with E-state index in [1.54, 1.807) is 12.4 Å². The first kappa shape index (κ1) is 18.5. The highest BCUT2D eigenvalue weighted by Gasteiger charge is 2.10. The smallest absolute Gasteiger partial charge is 0.127 e. The summed E-state index contributed by atoms with van der Waals surface area (Å²) in [5.74, 6) is 0.790. The Bertz CT molecular complexity index is 1310. The van der Waals surface area contributed by atoms with E-state index >= 15 is 0 Å². The minimum atomic E-state index is 0.666. The van der Waals surface area contributed by atoms with Gasteiger partial charge >= 0.3 is 0 Å². The van der Waals surface area contributed by atoms with Crippen molar-refractivity contribution in [2.45, 2.75) is 6.54 Å². The number of fused-ring (bicyclic) bond motifs is 1. The molecule has 0 radical (unpaired) electrons. The molecule has 0 spiro atoms. The molecule has 30 heavy (non-hydrogen) atoms. The molecule has 5 nitrogen and oxygen atoms in total. The molecule has 146 valence electrons. The van der Waals surface area contributed by atoms with Gasteiger partial charge in [0.15, 0.2) is 0 Å². The van der Waals surface area contributed by atoms with Crippen LogP contribution < -0.4 is 5.32 Å². The van der Waals surface area contributed by atoms with Gasteiger partial charge in [-0.15, -0.1) is 0 Å². The third-order valence-corrected chi connectivity index (χ3v) is 5.36. The van der Waals surface area contributed by atoms with Gasteiger partial charge in [-0.2, -0.15) is 0 Å². The number of rotatable bonds is 5. The molecule has 0 aliphatic heterocycles. The molecule has 6 heteroatoms. The number of hydrogen-bond acceptors (Lipinski definition) is 4. The molecule has 0 saturated heterocycles.